The molecule has 7 atom stereocenters. The monoisotopic (exact) mass is 1540 g/mol. The van der Waals surface area contributed by atoms with E-state index in [9.17, 15) is 33.6 Å². The Bertz CT molecular complexity index is 1650. The number of nitrogens with zero attached hydrogens (tertiary/aromatic N) is 7. The Hall–Kier alpha value is -7.22. The summed E-state index contributed by atoms with van der Waals surface area (Å²) in [5.41, 5.74) is 107. The number of nitrogens with two attached hydrogens (primary N) is 21. The number of carbonyl (C=O) groups is 7. The van der Waals surface area contributed by atoms with Crippen LogP contribution in [0.4, 0.5) is 0 Å². The fourth-order valence-corrected chi connectivity index (χ4v) is 4.50. The van der Waals surface area contributed by atoms with Crippen molar-refractivity contribution in [1.29, 1.82) is 0 Å². The molecule has 0 amide bonds. The normalized spacial score (nSPS) is 11.7. The molecular weight excluding hydrogens is 1450 g/mol. The molecule has 0 aromatic heterocycles. The number of guanidine groups is 7. The summed E-state index contributed by atoms with van der Waals surface area (Å²) in [6.07, 6.45) is 6.69. The fourth-order valence-electron chi connectivity index (χ4n) is 4.50. The quantitative estimate of drug-likeness (QED) is 0.0121. The van der Waals surface area contributed by atoms with Crippen LogP contribution in [0.1, 0.15) is 89.9 Å². The minimum Gasteiger partial charge on any atom is -0.480 e. The van der Waals surface area contributed by atoms with Crippen LogP contribution in [0, 0.1) is 0 Å². The van der Waals surface area contributed by atoms with Crippen molar-refractivity contribution in [3.8, 4) is 0 Å². The van der Waals surface area contributed by atoms with Crippen molar-refractivity contribution in [2.45, 2.75) is 132 Å². The third-order valence-electron chi connectivity index (χ3n) is 8.99. The second kappa shape index (κ2) is 67.9. The SMILES string of the molecule is NC(N)=NCCC[C@H](N)C(=O)O.NC(N)=NCCC[C@H](N)C(=O)O.NC(N)=NCCC[C@H](N)C(=O)O.NC(N)=NCCC[C@H](N)C(=O)O.NC(N)=NCCC[C@H](N)C(=O)O.NC(N)=NCCC[C@H](N)C(=O)O.NC(N)=NCCC[C@H](N)C(=O)O.[Au].[Cu].[Zn]. The Morgan fingerprint density at radius 1 is 0.241 bits per heavy atom. The zero-order valence-corrected chi connectivity index (χ0v) is 54.5. The van der Waals surface area contributed by atoms with Gasteiger partial charge in [0.2, 0.25) is 0 Å². The molecule has 0 spiro atoms. The van der Waals surface area contributed by atoms with Gasteiger partial charge < -0.3 is 156 Å². The van der Waals surface area contributed by atoms with Gasteiger partial charge in [0.05, 0.1) is 0 Å². The van der Waals surface area contributed by atoms with Crippen molar-refractivity contribution in [3.63, 3.8) is 0 Å². The molecule has 42 nitrogen and oxygen atoms in total. The smallest absolute Gasteiger partial charge is 0.320 e. The summed E-state index contributed by atoms with van der Waals surface area (Å²) in [4.78, 5) is 97.3. The minimum absolute atomic E-state index is 0. The number of carboxylic acids is 7. The second-order valence-corrected chi connectivity index (χ2v) is 16.8. The third-order valence-corrected chi connectivity index (χ3v) is 8.99. The van der Waals surface area contributed by atoms with Crippen LogP contribution in [0.25, 0.3) is 0 Å². The molecule has 0 aromatic carbocycles. The summed E-state index contributed by atoms with van der Waals surface area (Å²) in [6, 6.07) is -5.74. The van der Waals surface area contributed by atoms with Gasteiger partial charge in [0.15, 0.2) is 41.7 Å². The van der Waals surface area contributed by atoms with Gasteiger partial charge in [-0.2, -0.15) is 0 Å². The van der Waals surface area contributed by atoms with E-state index in [0.29, 0.717) is 136 Å². The number of hydrogen-bond acceptors (Lipinski definition) is 21. The number of aliphatic imine (C=N–C) groups is 7. The van der Waals surface area contributed by atoms with E-state index in [-0.39, 0.29) is 101 Å². The average Bonchev–Trinajstić information content (AvgIpc) is 3.38. The first-order valence-corrected chi connectivity index (χ1v) is 25.0. The van der Waals surface area contributed by atoms with Crippen molar-refractivity contribution in [2.24, 2.45) is 155 Å². The average molecular weight is 1550 g/mol. The van der Waals surface area contributed by atoms with Gasteiger partial charge in [0.25, 0.3) is 0 Å². The molecule has 0 bridgehead atoms. The predicted molar refractivity (Wildman–Crippen MR) is 319 cm³/mol. The van der Waals surface area contributed by atoms with Crippen molar-refractivity contribution in [3.05, 3.63) is 0 Å². The number of hydrogen-bond donors (Lipinski definition) is 28. The van der Waals surface area contributed by atoms with E-state index in [2.05, 4.69) is 34.9 Å². The van der Waals surface area contributed by atoms with Gasteiger partial charge in [-0.25, -0.2) is 0 Å². The van der Waals surface area contributed by atoms with E-state index >= 15 is 0 Å². The molecule has 0 fully saturated rings. The van der Waals surface area contributed by atoms with Crippen LogP contribution in [0.5, 0.6) is 0 Å². The molecule has 0 heterocycles. The van der Waals surface area contributed by atoms with E-state index in [1.807, 2.05) is 0 Å². The summed E-state index contributed by atoms with van der Waals surface area (Å²) in [5.74, 6) is -6.91. The van der Waals surface area contributed by atoms with Crippen LogP contribution in [0.3, 0.4) is 0 Å². The molecule has 0 aliphatic heterocycles. The number of aliphatic carboxylic acids is 7. The molecule has 0 aromatic rings. The van der Waals surface area contributed by atoms with E-state index < -0.39 is 84.1 Å². The van der Waals surface area contributed by atoms with Crippen molar-refractivity contribution in [1.82, 2.24) is 0 Å². The molecule has 0 aliphatic carbocycles. The molecule has 0 unspecified atom stereocenters. The molecule has 0 saturated heterocycles. The zero-order valence-electron chi connectivity index (χ0n) is 48.4. The summed E-state index contributed by atoms with van der Waals surface area (Å²) in [7, 11) is 0. The van der Waals surface area contributed by atoms with Crippen LogP contribution >= 0.6 is 0 Å². The third kappa shape index (κ3) is 95.4. The summed E-state index contributed by atoms with van der Waals surface area (Å²) >= 11 is 0. The molecular formula is C42H98AuCuN28O14Zn. The largest absolute Gasteiger partial charge is 0.480 e. The van der Waals surface area contributed by atoms with Crippen molar-refractivity contribution >= 4 is 83.5 Å². The van der Waals surface area contributed by atoms with Crippen LogP contribution in [0.15, 0.2) is 34.9 Å². The molecule has 49 N–H and O–H groups in total. The molecule has 0 saturated carbocycles. The molecule has 87 heavy (non-hydrogen) atoms. The van der Waals surface area contributed by atoms with Crippen LogP contribution in [-0.2, 0) is 92.5 Å². The zero-order chi connectivity index (χ0) is 66.9. The van der Waals surface area contributed by atoms with Crippen molar-refractivity contribution < 1.29 is 128 Å². The topological polar surface area (TPSA) is 894 Å². The minimum atomic E-state index is -1.00. The van der Waals surface area contributed by atoms with Crippen LogP contribution < -0.4 is 120 Å². The van der Waals surface area contributed by atoms with E-state index in [1.165, 1.54) is 0 Å². The maximum absolute atomic E-state index is 10.2. The Balaban J connectivity index is -0.0000000988. The summed E-state index contributed by atoms with van der Waals surface area (Å²) < 4.78 is 0. The maximum atomic E-state index is 10.2. The maximum Gasteiger partial charge on any atom is 0.320 e. The molecule has 0 rings (SSSR count). The Morgan fingerprint density at radius 3 is 0.379 bits per heavy atom. The van der Waals surface area contributed by atoms with Gasteiger partial charge in [-0.1, -0.05) is 0 Å². The second-order valence-electron chi connectivity index (χ2n) is 16.8. The van der Waals surface area contributed by atoms with Gasteiger partial charge in [-0.15, -0.1) is 0 Å². The van der Waals surface area contributed by atoms with Gasteiger partial charge in [-0.05, 0) is 89.9 Å². The van der Waals surface area contributed by atoms with Gasteiger partial charge in [0.1, 0.15) is 42.3 Å². The van der Waals surface area contributed by atoms with Gasteiger partial charge in [-0.3, -0.25) is 68.5 Å². The molecule has 514 valence electrons. The first kappa shape index (κ1) is 102. The van der Waals surface area contributed by atoms with Crippen LogP contribution in [0.2, 0.25) is 0 Å². The molecule has 2 radical (unpaired) electrons. The summed E-state index contributed by atoms with van der Waals surface area (Å²) in [6.45, 7) is 2.94. The summed E-state index contributed by atoms with van der Waals surface area (Å²) in [5, 5.41) is 58.7. The molecule has 45 heteroatoms. The van der Waals surface area contributed by atoms with Gasteiger partial charge >= 0.3 is 41.8 Å². The van der Waals surface area contributed by atoms with E-state index in [1.54, 1.807) is 0 Å². The Morgan fingerprint density at radius 2 is 0.322 bits per heavy atom. The Kier molecular flexibility index (Phi) is 79.4. The first-order valence-electron chi connectivity index (χ1n) is 25.0. The Labute approximate surface area is 542 Å². The fraction of sp³-hybridized carbons (Fsp3) is 0.667. The first-order chi connectivity index (χ1) is 38.8. The standard InChI is InChI=1S/7C6H14N4O2.Au.Cu.Zn/c7*7-4(5(11)12)2-1-3-10-6(8)9;;;/h7*4H,1-3,7H2,(H,11,12)(H4,8,9,10);;;/t7*4-;;;/m0000000.../s1. The number of rotatable bonds is 35. The number of carboxylic acid groups (broad SMARTS) is 7. The molecule has 0 aliphatic rings. The van der Waals surface area contributed by atoms with E-state index in [4.69, 9.17) is 156 Å². The predicted octanol–water partition coefficient (Wildman–Crippen LogP) is -10.8. The van der Waals surface area contributed by atoms with Gasteiger partial charge in [0, 0.05) is 105 Å². The van der Waals surface area contributed by atoms with Crippen LogP contribution in [-0.4, -0.2) is 207 Å². The van der Waals surface area contributed by atoms with Crippen molar-refractivity contribution in [2.75, 3.05) is 45.8 Å². The van der Waals surface area contributed by atoms with E-state index in [0.717, 1.165) is 0 Å².